The normalized spacial score (nSPS) is 9.75. The Morgan fingerprint density at radius 3 is 2.50 bits per heavy atom. The third-order valence-electron chi connectivity index (χ3n) is 1.39. The fraction of sp³-hybridized carbons (Fsp3) is 0.375. The van der Waals surface area contributed by atoms with Crippen molar-refractivity contribution in [2.45, 2.75) is 6.18 Å². The molecule has 94 valence electrons. The number of aromatic nitrogens is 1. The number of rotatable bonds is 3. The molecule has 3 nitrogen and oxygen atoms in total. The largest absolute Gasteiger partial charge is 0.484 e. The summed E-state index contributed by atoms with van der Waals surface area (Å²) >= 11 is 0. The Morgan fingerprint density at radius 1 is 1.38 bits per heavy atom. The van der Waals surface area contributed by atoms with Crippen LogP contribution in [0.4, 0.5) is 19.0 Å². The number of alkyl halides is 3. The molecule has 1 aromatic rings. The van der Waals surface area contributed by atoms with E-state index in [9.17, 15) is 13.2 Å². The van der Waals surface area contributed by atoms with Crippen molar-refractivity contribution >= 4 is 30.6 Å². The van der Waals surface area contributed by atoms with Gasteiger partial charge in [0.05, 0.1) is 0 Å². The Balaban J connectivity index is 0. The molecule has 0 aliphatic heterocycles. The summed E-state index contributed by atoms with van der Waals surface area (Å²) in [7, 11) is 1.62. The molecule has 0 aliphatic rings. The van der Waals surface area contributed by atoms with E-state index in [4.69, 9.17) is 0 Å². The monoisotopic (exact) mass is 278 g/mol. The fourth-order valence-corrected chi connectivity index (χ4v) is 0.803. The quantitative estimate of drug-likeness (QED) is 0.923. The van der Waals surface area contributed by atoms with Crippen LogP contribution >= 0.6 is 24.8 Å². The number of halogens is 5. The second kappa shape index (κ2) is 7.40. The van der Waals surface area contributed by atoms with Crippen LogP contribution in [-0.4, -0.2) is 24.8 Å². The van der Waals surface area contributed by atoms with E-state index in [1.165, 1.54) is 18.3 Å². The summed E-state index contributed by atoms with van der Waals surface area (Å²) in [5.74, 6) is 0.603. The maximum Gasteiger partial charge on any atom is 0.422 e. The Morgan fingerprint density at radius 2 is 2.00 bits per heavy atom. The van der Waals surface area contributed by atoms with E-state index >= 15 is 0 Å². The van der Waals surface area contributed by atoms with E-state index in [1.807, 2.05) is 0 Å². The standard InChI is InChI=1S/C8H9F3N2O.2ClH/c1-12-7-4-6(2-3-13-7)14-5-8(9,10)11;;/h2-4H,5H2,1H3,(H,12,13);2*1H. The summed E-state index contributed by atoms with van der Waals surface area (Å²) in [6.45, 7) is -1.29. The minimum absolute atomic E-state index is 0. The number of hydrogen-bond donors (Lipinski definition) is 1. The molecule has 1 heterocycles. The third kappa shape index (κ3) is 6.58. The van der Waals surface area contributed by atoms with Crippen molar-refractivity contribution in [3.05, 3.63) is 18.3 Å². The van der Waals surface area contributed by atoms with Crippen LogP contribution in [0.1, 0.15) is 0 Å². The first kappa shape index (κ1) is 17.5. The summed E-state index contributed by atoms with van der Waals surface area (Å²) in [6.07, 6.45) is -2.94. The average Bonchev–Trinajstić information content (AvgIpc) is 2.14. The van der Waals surface area contributed by atoms with Crippen molar-refractivity contribution < 1.29 is 17.9 Å². The molecule has 0 amide bonds. The molecule has 0 saturated heterocycles. The predicted octanol–water partition coefficient (Wildman–Crippen LogP) is 2.91. The molecule has 0 fully saturated rings. The minimum atomic E-state index is -4.32. The zero-order chi connectivity index (χ0) is 10.6. The van der Waals surface area contributed by atoms with Gasteiger partial charge in [0.25, 0.3) is 0 Å². The smallest absolute Gasteiger partial charge is 0.422 e. The lowest BCUT2D eigenvalue weighted by Gasteiger charge is -2.09. The van der Waals surface area contributed by atoms with Crippen molar-refractivity contribution in [3.8, 4) is 5.75 Å². The highest BCUT2D eigenvalue weighted by Gasteiger charge is 2.28. The van der Waals surface area contributed by atoms with Gasteiger partial charge in [-0.3, -0.25) is 0 Å². The number of pyridine rings is 1. The molecule has 0 spiro atoms. The highest BCUT2D eigenvalue weighted by Crippen LogP contribution is 2.19. The summed E-state index contributed by atoms with van der Waals surface area (Å²) in [4.78, 5) is 3.83. The molecule has 1 rings (SSSR count). The number of hydrogen-bond acceptors (Lipinski definition) is 3. The minimum Gasteiger partial charge on any atom is -0.484 e. The maximum atomic E-state index is 11.8. The molecule has 8 heteroatoms. The van der Waals surface area contributed by atoms with Gasteiger partial charge in [-0.05, 0) is 6.07 Å². The van der Waals surface area contributed by atoms with Crippen molar-refractivity contribution in [2.75, 3.05) is 19.0 Å². The number of nitrogens with zero attached hydrogens (tertiary/aromatic N) is 1. The maximum absolute atomic E-state index is 11.8. The van der Waals surface area contributed by atoms with Crippen LogP contribution < -0.4 is 10.1 Å². The van der Waals surface area contributed by atoms with Gasteiger partial charge in [0.1, 0.15) is 11.6 Å². The summed E-state index contributed by atoms with van der Waals surface area (Å²) in [5.41, 5.74) is 0. The average molecular weight is 279 g/mol. The van der Waals surface area contributed by atoms with Crippen LogP contribution in [0, 0.1) is 0 Å². The van der Waals surface area contributed by atoms with Crippen LogP contribution in [0.5, 0.6) is 5.75 Å². The molecule has 0 aromatic carbocycles. The first-order chi connectivity index (χ1) is 6.51. The van der Waals surface area contributed by atoms with Crippen molar-refractivity contribution in [2.24, 2.45) is 0 Å². The predicted molar refractivity (Wildman–Crippen MR) is 59.8 cm³/mol. The second-order valence-electron chi connectivity index (χ2n) is 2.53. The molecule has 0 atom stereocenters. The van der Waals surface area contributed by atoms with Crippen LogP contribution in [0.3, 0.4) is 0 Å². The Labute approximate surface area is 103 Å². The first-order valence-corrected chi connectivity index (χ1v) is 3.84. The van der Waals surface area contributed by atoms with Crippen molar-refractivity contribution in [1.29, 1.82) is 0 Å². The summed E-state index contributed by atoms with van der Waals surface area (Å²) in [5, 5.41) is 2.69. The Bertz CT molecular complexity index is 310. The van der Waals surface area contributed by atoms with Crippen LogP contribution in [0.25, 0.3) is 0 Å². The highest BCUT2D eigenvalue weighted by molar-refractivity contribution is 5.85. The number of anilines is 1. The van der Waals surface area contributed by atoms with Gasteiger partial charge < -0.3 is 10.1 Å². The molecule has 1 aromatic heterocycles. The lowest BCUT2D eigenvalue weighted by Crippen LogP contribution is -2.19. The number of nitrogens with one attached hydrogen (secondary N) is 1. The molecule has 0 aliphatic carbocycles. The van der Waals surface area contributed by atoms with Crippen LogP contribution in [0.2, 0.25) is 0 Å². The van der Waals surface area contributed by atoms with Crippen LogP contribution in [0.15, 0.2) is 18.3 Å². The zero-order valence-electron chi connectivity index (χ0n) is 8.25. The number of ether oxygens (including phenoxy) is 1. The molecular formula is C8H11Cl2F3N2O. The van der Waals surface area contributed by atoms with E-state index in [0.717, 1.165) is 0 Å². The summed E-state index contributed by atoms with van der Waals surface area (Å²) in [6, 6.07) is 2.76. The molecule has 0 unspecified atom stereocenters. The van der Waals surface area contributed by atoms with Crippen molar-refractivity contribution in [1.82, 2.24) is 4.98 Å². The van der Waals surface area contributed by atoms with Gasteiger partial charge in [0.15, 0.2) is 6.61 Å². The van der Waals surface area contributed by atoms with E-state index in [1.54, 1.807) is 7.05 Å². The van der Waals surface area contributed by atoms with E-state index < -0.39 is 12.8 Å². The molecular weight excluding hydrogens is 268 g/mol. The molecule has 0 radical (unpaired) electrons. The Hall–Kier alpha value is -0.880. The Kier molecular flexibility index (Phi) is 8.10. The van der Waals surface area contributed by atoms with Gasteiger partial charge in [-0.1, -0.05) is 0 Å². The van der Waals surface area contributed by atoms with Crippen LogP contribution in [-0.2, 0) is 0 Å². The van der Waals surface area contributed by atoms with Gasteiger partial charge >= 0.3 is 6.18 Å². The highest BCUT2D eigenvalue weighted by atomic mass is 35.5. The van der Waals surface area contributed by atoms with E-state index in [0.29, 0.717) is 5.82 Å². The van der Waals surface area contributed by atoms with Gasteiger partial charge in [-0.2, -0.15) is 13.2 Å². The molecule has 0 bridgehead atoms. The third-order valence-corrected chi connectivity index (χ3v) is 1.39. The molecule has 1 N–H and O–H groups in total. The van der Waals surface area contributed by atoms with Gasteiger partial charge in [-0.15, -0.1) is 24.8 Å². The lowest BCUT2D eigenvalue weighted by molar-refractivity contribution is -0.153. The van der Waals surface area contributed by atoms with Crippen molar-refractivity contribution in [3.63, 3.8) is 0 Å². The summed E-state index contributed by atoms with van der Waals surface area (Å²) < 4.78 is 39.8. The van der Waals surface area contributed by atoms with Gasteiger partial charge in [0.2, 0.25) is 0 Å². The zero-order valence-corrected chi connectivity index (χ0v) is 9.88. The SMILES string of the molecule is CNc1cc(OCC(F)(F)F)ccn1.Cl.Cl. The second-order valence-corrected chi connectivity index (χ2v) is 2.53. The topological polar surface area (TPSA) is 34.1 Å². The van der Waals surface area contributed by atoms with Gasteiger partial charge in [0, 0.05) is 19.3 Å². The fourth-order valence-electron chi connectivity index (χ4n) is 0.803. The molecule has 0 saturated carbocycles. The molecule has 16 heavy (non-hydrogen) atoms. The first-order valence-electron chi connectivity index (χ1n) is 3.84. The van der Waals surface area contributed by atoms with E-state index in [2.05, 4.69) is 15.0 Å². The lowest BCUT2D eigenvalue weighted by atomic mass is 10.4. The van der Waals surface area contributed by atoms with Gasteiger partial charge in [-0.25, -0.2) is 4.98 Å². The van der Waals surface area contributed by atoms with E-state index in [-0.39, 0.29) is 30.6 Å².